The van der Waals surface area contributed by atoms with E-state index in [1.54, 1.807) is 31.4 Å². The van der Waals surface area contributed by atoms with Crippen LogP contribution in [0, 0.1) is 6.92 Å². The molecule has 0 spiro atoms. The van der Waals surface area contributed by atoms with E-state index in [2.05, 4.69) is 15.5 Å². The third kappa shape index (κ3) is 5.03. The molecule has 1 aromatic heterocycles. The number of carbonyl (C=O) groups is 2. The quantitative estimate of drug-likeness (QED) is 0.534. The number of aromatic nitrogens is 3. The SMILES string of the molecule is COc1ccc(NC(=O)CSc2nnc(C3CCCN3C(=O)c3ccccc3C)n2C)cc1. The van der Waals surface area contributed by atoms with Crippen LogP contribution in [-0.4, -0.2) is 50.9 Å². The Morgan fingerprint density at radius 3 is 2.64 bits per heavy atom. The molecule has 172 valence electrons. The van der Waals surface area contributed by atoms with Crippen molar-refractivity contribution in [2.75, 3.05) is 24.7 Å². The number of nitrogens with one attached hydrogen (secondary N) is 1. The molecule has 0 saturated carbocycles. The van der Waals surface area contributed by atoms with Crippen molar-refractivity contribution in [3.63, 3.8) is 0 Å². The van der Waals surface area contributed by atoms with E-state index in [0.717, 1.165) is 35.5 Å². The molecular weight excluding hydrogens is 438 g/mol. The molecule has 2 amide bonds. The lowest BCUT2D eigenvalue weighted by Gasteiger charge is -2.24. The molecular formula is C24H27N5O3S. The first kappa shape index (κ1) is 22.8. The maximum absolute atomic E-state index is 13.2. The summed E-state index contributed by atoms with van der Waals surface area (Å²) >= 11 is 1.32. The zero-order chi connectivity index (χ0) is 23.4. The fourth-order valence-corrected chi connectivity index (χ4v) is 4.71. The molecule has 3 aromatic rings. The number of rotatable bonds is 7. The van der Waals surface area contributed by atoms with Crippen LogP contribution in [0.15, 0.2) is 53.7 Å². The average Bonchev–Trinajstić information content (AvgIpc) is 3.44. The Hall–Kier alpha value is -3.33. The minimum Gasteiger partial charge on any atom is -0.497 e. The summed E-state index contributed by atoms with van der Waals surface area (Å²) in [5.74, 6) is 1.57. The summed E-state index contributed by atoms with van der Waals surface area (Å²) in [4.78, 5) is 27.5. The van der Waals surface area contributed by atoms with Crippen molar-refractivity contribution in [3.05, 3.63) is 65.5 Å². The number of carbonyl (C=O) groups excluding carboxylic acids is 2. The maximum atomic E-state index is 13.2. The summed E-state index contributed by atoms with van der Waals surface area (Å²) < 4.78 is 7.02. The largest absolute Gasteiger partial charge is 0.497 e. The Kier molecular flexibility index (Phi) is 6.98. The second kappa shape index (κ2) is 10.1. The first-order valence-corrected chi connectivity index (χ1v) is 11.8. The van der Waals surface area contributed by atoms with Gasteiger partial charge in [-0.1, -0.05) is 30.0 Å². The van der Waals surface area contributed by atoms with Gasteiger partial charge in [0, 0.05) is 24.8 Å². The number of anilines is 1. The van der Waals surface area contributed by atoms with Gasteiger partial charge in [-0.15, -0.1) is 10.2 Å². The summed E-state index contributed by atoms with van der Waals surface area (Å²) in [6.45, 7) is 2.64. The Morgan fingerprint density at radius 2 is 1.91 bits per heavy atom. The van der Waals surface area contributed by atoms with Crippen molar-refractivity contribution in [1.29, 1.82) is 0 Å². The zero-order valence-corrected chi connectivity index (χ0v) is 19.8. The number of methoxy groups -OCH3 is 1. The van der Waals surface area contributed by atoms with E-state index in [1.807, 2.05) is 47.7 Å². The van der Waals surface area contributed by atoms with Gasteiger partial charge in [0.1, 0.15) is 5.75 Å². The number of thioether (sulfide) groups is 1. The smallest absolute Gasteiger partial charge is 0.254 e. The molecule has 1 aliphatic rings. The molecule has 1 aliphatic heterocycles. The predicted octanol–water partition coefficient (Wildman–Crippen LogP) is 3.84. The second-order valence-electron chi connectivity index (χ2n) is 7.94. The third-order valence-corrected chi connectivity index (χ3v) is 6.78. The van der Waals surface area contributed by atoms with Crippen molar-refractivity contribution >= 4 is 29.3 Å². The number of amides is 2. The molecule has 4 rings (SSSR count). The first-order chi connectivity index (χ1) is 16.0. The van der Waals surface area contributed by atoms with E-state index in [4.69, 9.17) is 4.74 Å². The van der Waals surface area contributed by atoms with Crippen LogP contribution in [-0.2, 0) is 11.8 Å². The lowest BCUT2D eigenvalue weighted by molar-refractivity contribution is -0.113. The molecule has 9 heteroatoms. The highest BCUT2D eigenvalue weighted by atomic mass is 32.2. The van der Waals surface area contributed by atoms with Crippen LogP contribution in [0.25, 0.3) is 0 Å². The van der Waals surface area contributed by atoms with E-state index in [-0.39, 0.29) is 23.6 Å². The molecule has 8 nitrogen and oxygen atoms in total. The van der Waals surface area contributed by atoms with E-state index < -0.39 is 0 Å². The minimum atomic E-state index is -0.132. The third-order valence-electron chi connectivity index (χ3n) is 5.76. The van der Waals surface area contributed by atoms with Crippen LogP contribution in [0.5, 0.6) is 5.75 Å². The van der Waals surface area contributed by atoms with Gasteiger partial charge in [-0.05, 0) is 55.7 Å². The Morgan fingerprint density at radius 1 is 1.15 bits per heavy atom. The zero-order valence-electron chi connectivity index (χ0n) is 18.9. The highest BCUT2D eigenvalue weighted by molar-refractivity contribution is 7.99. The lowest BCUT2D eigenvalue weighted by atomic mass is 10.1. The number of benzene rings is 2. The Bertz CT molecular complexity index is 1150. The van der Waals surface area contributed by atoms with Crippen molar-refractivity contribution in [3.8, 4) is 5.75 Å². The summed E-state index contributed by atoms with van der Waals surface area (Å²) in [7, 11) is 3.48. The molecule has 1 N–H and O–H groups in total. The minimum absolute atomic E-state index is 0.0201. The van der Waals surface area contributed by atoms with Gasteiger partial charge in [-0.2, -0.15) is 0 Å². The average molecular weight is 466 g/mol. The van der Waals surface area contributed by atoms with Crippen molar-refractivity contribution in [1.82, 2.24) is 19.7 Å². The van der Waals surface area contributed by atoms with Crippen LogP contribution in [0.4, 0.5) is 5.69 Å². The van der Waals surface area contributed by atoms with E-state index >= 15 is 0 Å². The molecule has 1 fully saturated rings. The fourth-order valence-electron chi connectivity index (χ4n) is 3.99. The summed E-state index contributed by atoms with van der Waals surface area (Å²) in [5.41, 5.74) is 2.39. The van der Waals surface area contributed by atoms with Crippen molar-refractivity contribution < 1.29 is 14.3 Å². The fraction of sp³-hybridized carbons (Fsp3) is 0.333. The van der Waals surface area contributed by atoms with Gasteiger partial charge in [-0.3, -0.25) is 9.59 Å². The van der Waals surface area contributed by atoms with Gasteiger partial charge in [0.15, 0.2) is 11.0 Å². The number of likely N-dealkylation sites (tertiary alicyclic amines) is 1. The highest BCUT2D eigenvalue weighted by Gasteiger charge is 2.34. The Balaban J connectivity index is 1.41. The highest BCUT2D eigenvalue weighted by Crippen LogP contribution is 2.33. The predicted molar refractivity (Wildman–Crippen MR) is 128 cm³/mol. The van der Waals surface area contributed by atoms with Gasteiger partial charge in [-0.25, -0.2) is 0 Å². The van der Waals surface area contributed by atoms with Crippen LogP contribution < -0.4 is 10.1 Å². The number of nitrogens with zero attached hydrogens (tertiary/aromatic N) is 4. The molecule has 33 heavy (non-hydrogen) atoms. The molecule has 2 aromatic carbocycles. The lowest BCUT2D eigenvalue weighted by Crippen LogP contribution is -2.32. The summed E-state index contributed by atoms with van der Waals surface area (Å²) in [6.07, 6.45) is 1.76. The second-order valence-corrected chi connectivity index (χ2v) is 8.88. The van der Waals surface area contributed by atoms with E-state index in [9.17, 15) is 9.59 Å². The molecule has 1 saturated heterocycles. The van der Waals surface area contributed by atoms with Crippen LogP contribution in [0.2, 0.25) is 0 Å². The first-order valence-electron chi connectivity index (χ1n) is 10.8. The molecule has 0 radical (unpaired) electrons. The normalized spacial score (nSPS) is 15.5. The van der Waals surface area contributed by atoms with Crippen molar-refractivity contribution in [2.45, 2.75) is 31.0 Å². The monoisotopic (exact) mass is 465 g/mol. The van der Waals surface area contributed by atoms with Gasteiger partial charge in [0.2, 0.25) is 5.91 Å². The molecule has 2 heterocycles. The van der Waals surface area contributed by atoms with E-state index in [1.165, 1.54) is 11.8 Å². The maximum Gasteiger partial charge on any atom is 0.254 e. The number of ether oxygens (including phenoxy) is 1. The van der Waals surface area contributed by atoms with Gasteiger partial charge >= 0.3 is 0 Å². The number of hydrogen-bond donors (Lipinski definition) is 1. The summed E-state index contributed by atoms with van der Waals surface area (Å²) in [6, 6.07) is 14.7. The molecule has 0 bridgehead atoms. The number of aryl methyl sites for hydroxylation is 1. The summed E-state index contributed by atoms with van der Waals surface area (Å²) in [5, 5.41) is 12.2. The van der Waals surface area contributed by atoms with Crippen LogP contribution in [0.3, 0.4) is 0 Å². The van der Waals surface area contributed by atoms with Crippen molar-refractivity contribution in [2.24, 2.45) is 7.05 Å². The molecule has 1 atom stereocenters. The van der Waals surface area contributed by atoms with Crippen LogP contribution >= 0.6 is 11.8 Å². The topological polar surface area (TPSA) is 89.3 Å². The van der Waals surface area contributed by atoms with Gasteiger partial charge in [0.25, 0.3) is 5.91 Å². The number of hydrogen-bond acceptors (Lipinski definition) is 6. The van der Waals surface area contributed by atoms with E-state index in [0.29, 0.717) is 17.4 Å². The van der Waals surface area contributed by atoms with Crippen LogP contribution in [0.1, 0.15) is 40.6 Å². The standard InChI is InChI=1S/C24H27N5O3S/c1-16-7-4-5-8-19(16)23(31)29-14-6-9-20(29)22-26-27-24(28(22)2)33-15-21(30)25-17-10-12-18(32-3)13-11-17/h4-5,7-8,10-13,20H,6,9,14-15H2,1-3H3,(H,25,30). The molecule has 0 aliphatic carbocycles. The van der Waals surface area contributed by atoms with Gasteiger partial charge < -0.3 is 19.5 Å². The molecule has 1 unspecified atom stereocenters. The van der Waals surface area contributed by atoms with Gasteiger partial charge in [0.05, 0.1) is 18.9 Å². The Labute approximate surface area is 197 Å².